The molecule has 0 aliphatic carbocycles. The lowest BCUT2D eigenvalue weighted by atomic mass is 10.1. The number of carbonyl (C=O) groups excluding carboxylic acids is 1. The third kappa shape index (κ3) is 2.90. The van der Waals surface area contributed by atoms with E-state index < -0.39 is 0 Å². The van der Waals surface area contributed by atoms with E-state index in [1.165, 1.54) is 10.1 Å². The molecule has 0 aliphatic heterocycles. The normalized spacial score (nSPS) is 10.5. The van der Waals surface area contributed by atoms with Crippen molar-refractivity contribution in [2.24, 2.45) is 0 Å². The van der Waals surface area contributed by atoms with E-state index in [9.17, 15) is 4.79 Å². The fraction of sp³-hybridized carbons (Fsp3) is 0.118. The number of hydrogen-bond acceptors (Lipinski definition) is 3. The van der Waals surface area contributed by atoms with Crippen molar-refractivity contribution in [1.29, 1.82) is 0 Å². The SMILES string of the molecule is COc1ccc(C(=O)NCc2csc3ccccc23)cc1. The fourth-order valence-corrected chi connectivity index (χ4v) is 3.15. The number of fused-ring (bicyclic) bond motifs is 1. The molecule has 1 heterocycles. The molecule has 4 heteroatoms. The smallest absolute Gasteiger partial charge is 0.251 e. The van der Waals surface area contributed by atoms with Crippen LogP contribution >= 0.6 is 11.3 Å². The van der Waals surface area contributed by atoms with Crippen LogP contribution in [-0.2, 0) is 6.54 Å². The number of carbonyl (C=O) groups is 1. The predicted octanol–water partition coefficient (Wildman–Crippen LogP) is 3.84. The second kappa shape index (κ2) is 5.97. The van der Waals surface area contributed by atoms with Crippen LogP contribution in [0.2, 0.25) is 0 Å². The van der Waals surface area contributed by atoms with Crippen LogP contribution in [0.5, 0.6) is 5.75 Å². The van der Waals surface area contributed by atoms with Crippen molar-refractivity contribution in [1.82, 2.24) is 5.32 Å². The van der Waals surface area contributed by atoms with Crippen LogP contribution in [0, 0.1) is 0 Å². The van der Waals surface area contributed by atoms with Gasteiger partial charge in [-0.3, -0.25) is 4.79 Å². The molecule has 3 aromatic rings. The minimum absolute atomic E-state index is 0.0760. The molecule has 21 heavy (non-hydrogen) atoms. The van der Waals surface area contributed by atoms with Gasteiger partial charge in [0.25, 0.3) is 5.91 Å². The van der Waals surface area contributed by atoms with Gasteiger partial charge in [-0.15, -0.1) is 11.3 Å². The molecule has 0 unspecified atom stereocenters. The van der Waals surface area contributed by atoms with Crippen LogP contribution in [0.3, 0.4) is 0 Å². The van der Waals surface area contributed by atoms with Crippen LogP contribution in [0.4, 0.5) is 0 Å². The highest BCUT2D eigenvalue weighted by Gasteiger charge is 2.08. The van der Waals surface area contributed by atoms with E-state index in [4.69, 9.17) is 4.74 Å². The van der Waals surface area contributed by atoms with Crippen molar-refractivity contribution in [3.63, 3.8) is 0 Å². The maximum Gasteiger partial charge on any atom is 0.251 e. The van der Waals surface area contributed by atoms with Gasteiger partial charge in [0, 0.05) is 16.8 Å². The summed E-state index contributed by atoms with van der Waals surface area (Å²) in [6.07, 6.45) is 0. The molecule has 0 bridgehead atoms. The molecule has 1 aromatic heterocycles. The molecular weight excluding hydrogens is 282 g/mol. The molecule has 3 rings (SSSR count). The number of amides is 1. The van der Waals surface area contributed by atoms with Crippen LogP contribution in [0.25, 0.3) is 10.1 Å². The Kier molecular flexibility index (Phi) is 3.88. The van der Waals surface area contributed by atoms with Crippen LogP contribution in [0.15, 0.2) is 53.9 Å². The van der Waals surface area contributed by atoms with E-state index in [1.807, 2.05) is 12.1 Å². The van der Waals surface area contributed by atoms with E-state index in [0.717, 1.165) is 11.3 Å². The minimum atomic E-state index is -0.0760. The van der Waals surface area contributed by atoms with Gasteiger partial charge in [-0.05, 0) is 46.7 Å². The zero-order valence-corrected chi connectivity index (χ0v) is 12.4. The minimum Gasteiger partial charge on any atom is -0.497 e. The van der Waals surface area contributed by atoms with Crippen molar-refractivity contribution >= 4 is 27.3 Å². The summed E-state index contributed by atoms with van der Waals surface area (Å²) >= 11 is 1.70. The van der Waals surface area contributed by atoms with Gasteiger partial charge in [0.05, 0.1) is 7.11 Å². The number of hydrogen-bond donors (Lipinski definition) is 1. The summed E-state index contributed by atoms with van der Waals surface area (Å²) < 4.78 is 6.33. The summed E-state index contributed by atoms with van der Waals surface area (Å²) in [6.45, 7) is 0.537. The predicted molar refractivity (Wildman–Crippen MR) is 86.0 cm³/mol. The van der Waals surface area contributed by atoms with Crippen LogP contribution in [-0.4, -0.2) is 13.0 Å². The summed E-state index contributed by atoms with van der Waals surface area (Å²) in [4.78, 5) is 12.1. The summed E-state index contributed by atoms with van der Waals surface area (Å²) in [5.74, 6) is 0.670. The van der Waals surface area contributed by atoms with Gasteiger partial charge in [-0.25, -0.2) is 0 Å². The zero-order chi connectivity index (χ0) is 14.7. The molecule has 0 saturated heterocycles. The largest absolute Gasteiger partial charge is 0.497 e. The number of ether oxygens (including phenoxy) is 1. The number of benzene rings is 2. The first-order chi connectivity index (χ1) is 10.3. The van der Waals surface area contributed by atoms with Gasteiger partial charge in [-0.1, -0.05) is 18.2 Å². The van der Waals surface area contributed by atoms with Crippen molar-refractivity contribution in [3.05, 3.63) is 65.0 Å². The van der Waals surface area contributed by atoms with Gasteiger partial charge in [0.1, 0.15) is 5.75 Å². The van der Waals surface area contributed by atoms with Gasteiger partial charge in [0.2, 0.25) is 0 Å². The molecule has 0 radical (unpaired) electrons. The maximum absolute atomic E-state index is 12.1. The van der Waals surface area contributed by atoms with E-state index >= 15 is 0 Å². The fourth-order valence-electron chi connectivity index (χ4n) is 2.19. The van der Waals surface area contributed by atoms with Crippen molar-refractivity contribution in [2.45, 2.75) is 6.54 Å². The van der Waals surface area contributed by atoms with E-state index in [-0.39, 0.29) is 5.91 Å². The number of thiophene rings is 1. The summed E-state index contributed by atoms with van der Waals surface area (Å²) in [5, 5.41) is 6.26. The first kappa shape index (κ1) is 13.6. The highest BCUT2D eigenvalue weighted by atomic mass is 32.1. The molecule has 1 N–H and O–H groups in total. The third-order valence-electron chi connectivity index (χ3n) is 3.35. The van der Waals surface area contributed by atoms with E-state index in [1.54, 1.807) is 42.7 Å². The molecule has 0 saturated carbocycles. The second-order valence-corrected chi connectivity index (χ2v) is 5.58. The molecule has 0 aliphatic rings. The number of methoxy groups -OCH3 is 1. The highest BCUT2D eigenvalue weighted by Crippen LogP contribution is 2.25. The quantitative estimate of drug-likeness (QED) is 0.794. The van der Waals surface area contributed by atoms with Crippen molar-refractivity contribution in [3.8, 4) is 5.75 Å². The van der Waals surface area contributed by atoms with Crippen LogP contribution < -0.4 is 10.1 Å². The summed E-state index contributed by atoms with van der Waals surface area (Å²) in [7, 11) is 1.61. The Morgan fingerprint density at radius 2 is 1.90 bits per heavy atom. The van der Waals surface area contributed by atoms with Gasteiger partial charge in [0.15, 0.2) is 0 Å². The van der Waals surface area contributed by atoms with Crippen molar-refractivity contribution in [2.75, 3.05) is 7.11 Å². The standard InChI is InChI=1S/C17H15NO2S/c1-20-14-8-6-12(7-9-14)17(19)18-10-13-11-21-16-5-3-2-4-15(13)16/h2-9,11H,10H2,1H3,(H,18,19). The van der Waals surface area contributed by atoms with E-state index in [2.05, 4.69) is 22.8 Å². The first-order valence-electron chi connectivity index (χ1n) is 6.65. The third-order valence-corrected chi connectivity index (χ3v) is 4.37. The molecule has 1 amide bonds. The Labute approximate surface area is 127 Å². The Hall–Kier alpha value is -2.33. The summed E-state index contributed by atoms with van der Waals surface area (Å²) in [5.41, 5.74) is 1.78. The van der Waals surface area contributed by atoms with Gasteiger partial charge >= 0.3 is 0 Å². The maximum atomic E-state index is 12.1. The molecule has 3 nitrogen and oxygen atoms in total. The lowest BCUT2D eigenvalue weighted by Crippen LogP contribution is -2.22. The van der Waals surface area contributed by atoms with E-state index in [0.29, 0.717) is 12.1 Å². The van der Waals surface area contributed by atoms with Crippen LogP contribution in [0.1, 0.15) is 15.9 Å². The Balaban J connectivity index is 1.70. The molecule has 0 fully saturated rings. The average molecular weight is 297 g/mol. The Morgan fingerprint density at radius 1 is 1.14 bits per heavy atom. The lowest BCUT2D eigenvalue weighted by Gasteiger charge is -2.05. The molecule has 2 aromatic carbocycles. The molecule has 106 valence electrons. The van der Waals surface area contributed by atoms with Crippen molar-refractivity contribution < 1.29 is 9.53 Å². The molecule has 0 spiro atoms. The monoisotopic (exact) mass is 297 g/mol. The summed E-state index contributed by atoms with van der Waals surface area (Å²) in [6, 6.07) is 15.3. The number of nitrogens with one attached hydrogen (secondary N) is 1. The Bertz CT molecular complexity index is 762. The molecule has 0 atom stereocenters. The Morgan fingerprint density at radius 3 is 2.67 bits per heavy atom. The lowest BCUT2D eigenvalue weighted by molar-refractivity contribution is 0.0951. The zero-order valence-electron chi connectivity index (χ0n) is 11.6. The molecular formula is C17H15NO2S. The topological polar surface area (TPSA) is 38.3 Å². The first-order valence-corrected chi connectivity index (χ1v) is 7.53. The average Bonchev–Trinajstić information content (AvgIpc) is 2.96. The highest BCUT2D eigenvalue weighted by molar-refractivity contribution is 7.17. The number of rotatable bonds is 4. The second-order valence-electron chi connectivity index (χ2n) is 4.67. The van der Waals surface area contributed by atoms with Gasteiger partial charge in [-0.2, -0.15) is 0 Å². The van der Waals surface area contributed by atoms with Gasteiger partial charge < -0.3 is 10.1 Å².